The van der Waals surface area contributed by atoms with Crippen molar-refractivity contribution in [2.24, 2.45) is 17.3 Å². The van der Waals surface area contributed by atoms with Crippen LogP contribution in [0.25, 0.3) is 0 Å². The maximum absolute atomic E-state index is 3.70. The van der Waals surface area contributed by atoms with Gasteiger partial charge in [-0.3, -0.25) is 4.90 Å². The van der Waals surface area contributed by atoms with Crippen LogP contribution in [0.3, 0.4) is 0 Å². The molecule has 0 aromatic rings. The van der Waals surface area contributed by atoms with Crippen molar-refractivity contribution >= 4 is 0 Å². The number of hydrogen-bond acceptors (Lipinski definition) is 2. The van der Waals surface area contributed by atoms with E-state index < -0.39 is 0 Å². The lowest BCUT2D eigenvalue weighted by Crippen LogP contribution is -2.45. The molecular weight excluding hydrogens is 244 g/mol. The predicted molar refractivity (Wildman–Crippen MR) is 90.2 cm³/mol. The van der Waals surface area contributed by atoms with Gasteiger partial charge in [0.25, 0.3) is 0 Å². The Morgan fingerprint density at radius 3 is 2.25 bits per heavy atom. The molecule has 0 heterocycles. The molecule has 2 nitrogen and oxygen atoms in total. The molecule has 0 saturated heterocycles. The predicted octanol–water partition coefficient (Wildman–Crippen LogP) is 4.16. The van der Waals surface area contributed by atoms with Gasteiger partial charge in [0.05, 0.1) is 0 Å². The molecule has 1 N–H and O–H groups in total. The molecule has 0 aromatic carbocycles. The van der Waals surface area contributed by atoms with Gasteiger partial charge in [0, 0.05) is 25.7 Å². The molecule has 0 aliphatic heterocycles. The van der Waals surface area contributed by atoms with Gasteiger partial charge in [0.2, 0.25) is 0 Å². The lowest BCUT2D eigenvalue weighted by Gasteiger charge is -2.37. The fourth-order valence-electron chi connectivity index (χ4n) is 3.23. The van der Waals surface area contributed by atoms with Gasteiger partial charge in [-0.15, -0.1) is 0 Å². The van der Waals surface area contributed by atoms with Crippen LogP contribution >= 0.6 is 0 Å². The molecule has 0 bridgehead atoms. The molecule has 0 spiro atoms. The third-order valence-electron chi connectivity index (χ3n) is 4.21. The molecule has 1 aliphatic rings. The Hall–Kier alpha value is -0.0800. The Bertz CT molecular complexity index is 258. The third kappa shape index (κ3) is 7.08. The summed E-state index contributed by atoms with van der Waals surface area (Å²) in [6.07, 6.45) is 5.47. The quantitative estimate of drug-likeness (QED) is 0.612. The van der Waals surface area contributed by atoms with Crippen LogP contribution in [-0.4, -0.2) is 37.1 Å². The minimum atomic E-state index is 0.432. The van der Waals surface area contributed by atoms with Crippen molar-refractivity contribution in [2.75, 3.05) is 26.2 Å². The Morgan fingerprint density at radius 2 is 1.80 bits per heavy atom. The Labute approximate surface area is 127 Å². The second kappa shape index (κ2) is 8.38. The van der Waals surface area contributed by atoms with Crippen LogP contribution in [0.2, 0.25) is 0 Å². The zero-order valence-electron chi connectivity index (χ0n) is 14.8. The van der Waals surface area contributed by atoms with E-state index in [1.165, 1.54) is 45.3 Å². The maximum Gasteiger partial charge on any atom is 0.00967 e. The van der Waals surface area contributed by atoms with Gasteiger partial charge < -0.3 is 5.32 Å². The smallest absolute Gasteiger partial charge is 0.00967 e. The minimum absolute atomic E-state index is 0.432. The highest BCUT2D eigenvalue weighted by Gasteiger charge is 2.34. The second-order valence-electron chi connectivity index (χ2n) is 8.14. The highest BCUT2D eigenvalue weighted by atomic mass is 15.2. The van der Waals surface area contributed by atoms with Gasteiger partial charge in [-0.05, 0) is 43.1 Å². The van der Waals surface area contributed by atoms with Gasteiger partial charge in [-0.2, -0.15) is 0 Å². The van der Waals surface area contributed by atoms with Crippen molar-refractivity contribution in [3.8, 4) is 0 Å². The number of rotatable bonds is 11. The van der Waals surface area contributed by atoms with E-state index in [1.54, 1.807) is 0 Å². The van der Waals surface area contributed by atoms with Crippen LogP contribution in [0.15, 0.2) is 0 Å². The molecule has 1 unspecified atom stereocenters. The van der Waals surface area contributed by atoms with Crippen molar-refractivity contribution in [2.45, 2.75) is 73.3 Å². The van der Waals surface area contributed by atoms with Crippen molar-refractivity contribution in [3.63, 3.8) is 0 Å². The van der Waals surface area contributed by atoms with Crippen LogP contribution < -0.4 is 5.32 Å². The summed E-state index contributed by atoms with van der Waals surface area (Å²) in [6.45, 7) is 19.0. The van der Waals surface area contributed by atoms with Crippen molar-refractivity contribution in [3.05, 3.63) is 0 Å². The van der Waals surface area contributed by atoms with Gasteiger partial charge in [-0.25, -0.2) is 0 Å². The SMILES string of the molecule is CCCC(C)(CNCC(C)C)CN(CC(C)C)C1CC1. The highest BCUT2D eigenvalue weighted by molar-refractivity contribution is 4.90. The first-order chi connectivity index (χ1) is 9.36. The van der Waals surface area contributed by atoms with E-state index in [9.17, 15) is 0 Å². The first-order valence-electron chi connectivity index (χ1n) is 8.81. The number of hydrogen-bond donors (Lipinski definition) is 1. The first-order valence-corrected chi connectivity index (χ1v) is 8.81. The molecule has 2 heteroatoms. The Kier molecular flexibility index (Phi) is 7.53. The molecule has 120 valence electrons. The molecular formula is C18H38N2. The summed E-state index contributed by atoms with van der Waals surface area (Å²) in [5, 5.41) is 3.70. The average molecular weight is 283 g/mol. The molecule has 0 aromatic heterocycles. The van der Waals surface area contributed by atoms with Crippen LogP contribution in [0.4, 0.5) is 0 Å². The lowest BCUT2D eigenvalue weighted by molar-refractivity contribution is 0.130. The zero-order chi connectivity index (χ0) is 15.2. The monoisotopic (exact) mass is 282 g/mol. The fraction of sp³-hybridized carbons (Fsp3) is 1.00. The summed E-state index contributed by atoms with van der Waals surface area (Å²) in [5.41, 5.74) is 0.432. The summed E-state index contributed by atoms with van der Waals surface area (Å²) in [7, 11) is 0. The van der Waals surface area contributed by atoms with Gasteiger partial charge in [-0.1, -0.05) is 48.0 Å². The van der Waals surface area contributed by atoms with Gasteiger partial charge in [0.1, 0.15) is 0 Å². The van der Waals surface area contributed by atoms with Crippen molar-refractivity contribution in [1.29, 1.82) is 0 Å². The average Bonchev–Trinajstić information content (AvgIpc) is 3.10. The normalized spacial score (nSPS) is 19.1. The first kappa shape index (κ1) is 18.0. The van der Waals surface area contributed by atoms with E-state index in [0.717, 1.165) is 24.4 Å². The van der Waals surface area contributed by atoms with Crippen LogP contribution in [0.5, 0.6) is 0 Å². The third-order valence-corrected chi connectivity index (χ3v) is 4.21. The molecule has 1 fully saturated rings. The van der Waals surface area contributed by atoms with Crippen molar-refractivity contribution < 1.29 is 0 Å². The van der Waals surface area contributed by atoms with E-state index in [2.05, 4.69) is 51.8 Å². The minimum Gasteiger partial charge on any atom is -0.316 e. The topological polar surface area (TPSA) is 15.3 Å². The van der Waals surface area contributed by atoms with Gasteiger partial charge >= 0.3 is 0 Å². The van der Waals surface area contributed by atoms with Gasteiger partial charge in [0.15, 0.2) is 0 Å². The zero-order valence-corrected chi connectivity index (χ0v) is 14.8. The highest BCUT2D eigenvalue weighted by Crippen LogP contribution is 2.32. The fourth-order valence-corrected chi connectivity index (χ4v) is 3.23. The summed E-state index contributed by atoms with van der Waals surface area (Å²) in [4.78, 5) is 2.78. The largest absolute Gasteiger partial charge is 0.316 e. The van der Waals surface area contributed by atoms with E-state index >= 15 is 0 Å². The molecule has 1 rings (SSSR count). The molecule has 1 aliphatic carbocycles. The molecule has 0 radical (unpaired) electrons. The number of nitrogens with zero attached hydrogens (tertiary/aromatic N) is 1. The number of nitrogens with one attached hydrogen (secondary N) is 1. The van der Waals surface area contributed by atoms with E-state index in [4.69, 9.17) is 0 Å². The lowest BCUT2D eigenvalue weighted by atomic mass is 9.84. The van der Waals surface area contributed by atoms with E-state index in [0.29, 0.717) is 5.41 Å². The summed E-state index contributed by atoms with van der Waals surface area (Å²) in [6, 6.07) is 0.888. The standard InChI is InChI=1S/C18H38N2/c1-7-10-18(6,13-19-11-15(2)3)14-20(12-16(4)5)17-8-9-17/h15-17,19H,7-14H2,1-6H3. The molecule has 1 atom stereocenters. The van der Waals surface area contributed by atoms with E-state index in [1.807, 2.05) is 0 Å². The maximum atomic E-state index is 3.70. The second-order valence-corrected chi connectivity index (χ2v) is 8.14. The van der Waals surface area contributed by atoms with Crippen molar-refractivity contribution in [1.82, 2.24) is 10.2 Å². The van der Waals surface area contributed by atoms with E-state index in [-0.39, 0.29) is 0 Å². The van der Waals surface area contributed by atoms with Crippen LogP contribution in [0.1, 0.15) is 67.2 Å². The molecule has 1 saturated carbocycles. The molecule has 20 heavy (non-hydrogen) atoms. The summed E-state index contributed by atoms with van der Waals surface area (Å²) >= 11 is 0. The Balaban J connectivity index is 2.52. The van der Waals surface area contributed by atoms with Crippen LogP contribution in [0, 0.1) is 17.3 Å². The Morgan fingerprint density at radius 1 is 1.15 bits per heavy atom. The summed E-state index contributed by atoms with van der Waals surface area (Å²) in [5.74, 6) is 1.53. The summed E-state index contributed by atoms with van der Waals surface area (Å²) < 4.78 is 0. The van der Waals surface area contributed by atoms with Crippen LogP contribution in [-0.2, 0) is 0 Å². The molecule has 0 amide bonds.